The molecule has 220 valence electrons. The molecule has 5 rings (SSSR count). The van der Waals surface area contributed by atoms with Gasteiger partial charge in [-0.05, 0) is 61.2 Å². The van der Waals surface area contributed by atoms with Crippen molar-refractivity contribution in [1.82, 2.24) is 15.2 Å². The van der Waals surface area contributed by atoms with Gasteiger partial charge in [-0.2, -0.15) is 0 Å². The van der Waals surface area contributed by atoms with Crippen LogP contribution < -0.4 is 16.0 Å². The van der Waals surface area contributed by atoms with Crippen LogP contribution in [-0.4, -0.2) is 41.6 Å². The van der Waals surface area contributed by atoms with Gasteiger partial charge >= 0.3 is 12.1 Å². The van der Waals surface area contributed by atoms with Gasteiger partial charge in [-0.25, -0.2) is 18.4 Å². The highest BCUT2D eigenvalue weighted by Gasteiger charge is 2.35. The van der Waals surface area contributed by atoms with Gasteiger partial charge in [-0.1, -0.05) is 31.0 Å². The quantitative estimate of drug-likeness (QED) is 0.287. The fourth-order valence-corrected chi connectivity index (χ4v) is 5.63. The number of aromatic nitrogens is 1. The highest BCUT2D eigenvalue weighted by Crippen LogP contribution is 2.37. The highest BCUT2D eigenvalue weighted by molar-refractivity contribution is 6.30. The zero-order valence-corrected chi connectivity index (χ0v) is 23.8. The zero-order chi connectivity index (χ0) is 30.0. The lowest BCUT2D eigenvalue weighted by atomic mass is 9.93. The minimum atomic E-state index is -0.883. The number of ether oxygens (including phenoxy) is 1. The Labute approximate surface area is 246 Å². The van der Waals surface area contributed by atoms with Crippen molar-refractivity contribution in [1.29, 1.82) is 0 Å². The molecule has 1 aromatic heterocycles. The number of pyridine rings is 1. The van der Waals surface area contributed by atoms with Crippen LogP contribution in [0, 0.1) is 17.6 Å². The molecule has 12 heteroatoms. The van der Waals surface area contributed by atoms with Crippen LogP contribution in [0.15, 0.2) is 48.7 Å². The van der Waals surface area contributed by atoms with Gasteiger partial charge in [0.05, 0.1) is 35.6 Å². The van der Waals surface area contributed by atoms with Crippen LogP contribution in [0.4, 0.5) is 29.7 Å². The SMILES string of the molecule is COC(=O)Nc1ccc2c(c1)NC(=O)[C@H](C)CCCC(N1CCC(c3c(F)ccc(Cl)c3F)NC1=O)c1cc-2ccn1. The van der Waals surface area contributed by atoms with Gasteiger partial charge in [0.15, 0.2) is 0 Å². The van der Waals surface area contributed by atoms with Crippen molar-refractivity contribution < 1.29 is 27.9 Å². The van der Waals surface area contributed by atoms with Crippen LogP contribution >= 0.6 is 11.6 Å². The van der Waals surface area contributed by atoms with Crippen molar-refractivity contribution in [3.8, 4) is 11.1 Å². The number of anilines is 2. The summed E-state index contributed by atoms with van der Waals surface area (Å²) in [6.45, 7) is 2.06. The van der Waals surface area contributed by atoms with Gasteiger partial charge in [0.25, 0.3) is 0 Å². The first kappa shape index (κ1) is 29.2. The van der Waals surface area contributed by atoms with Gasteiger partial charge in [0.1, 0.15) is 11.6 Å². The number of carbonyl (C=O) groups is 3. The summed E-state index contributed by atoms with van der Waals surface area (Å²) in [6, 6.07) is 9.23. The number of benzene rings is 2. The monoisotopic (exact) mass is 597 g/mol. The molecule has 3 aromatic rings. The Kier molecular flexibility index (Phi) is 8.58. The van der Waals surface area contributed by atoms with E-state index in [1.807, 2.05) is 13.0 Å². The number of urea groups is 1. The van der Waals surface area contributed by atoms with E-state index in [2.05, 4.69) is 25.7 Å². The summed E-state index contributed by atoms with van der Waals surface area (Å²) in [5, 5.41) is 8.14. The fraction of sp³-hybridized carbons (Fsp3) is 0.333. The van der Waals surface area contributed by atoms with E-state index in [4.69, 9.17) is 11.6 Å². The summed E-state index contributed by atoms with van der Waals surface area (Å²) in [6.07, 6.45) is 2.95. The molecule has 4 amide bonds. The number of fused-ring (bicyclic) bond motifs is 4. The van der Waals surface area contributed by atoms with Crippen molar-refractivity contribution in [3.05, 3.63) is 76.6 Å². The molecule has 0 radical (unpaired) electrons. The average molecular weight is 598 g/mol. The summed E-state index contributed by atoms with van der Waals surface area (Å²) in [7, 11) is 1.26. The van der Waals surface area contributed by atoms with Crippen molar-refractivity contribution in [2.24, 2.45) is 5.92 Å². The molecule has 2 aliphatic heterocycles. The van der Waals surface area contributed by atoms with E-state index in [9.17, 15) is 23.2 Å². The smallest absolute Gasteiger partial charge is 0.411 e. The van der Waals surface area contributed by atoms with Crippen LogP contribution in [0.1, 0.15) is 55.9 Å². The largest absolute Gasteiger partial charge is 0.453 e. The number of rotatable bonds is 3. The second-order valence-corrected chi connectivity index (χ2v) is 10.8. The predicted octanol–water partition coefficient (Wildman–Crippen LogP) is 6.81. The Balaban J connectivity index is 1.48. The Morgan fingerprint density at radius 3 is 2.69 bits per heavy atom. The first-order valence-electron chi connectivity index (χ1n) is 13.6. The van der Waals surface area contributed by atoms with E-state index in [-0.39, 0.29) is 35.4 Å². The van der Waals surface area contributed by atoms with Crippen LogP contribution in [0.2, 0.25) is 5.02 Å². The maximum Gasteiger partial charge on any atom is 0.411 e. The molecule has 3 atom stereocenters. The maximum atomic E-state index is 14.7. The molecule has 2 bridgehead atoms. The number of methoxy groups -OCH3 is 1. The lowest BCUT2D eigenvalue weighted by molar-refractivity contribution is -0.119. The van der Waals surface area contributed by atoms with Gasteiger partial charge in [-0.15, -0.1) is 0 Å². The van der Waals surface area contributed by atoms with Crippen LogP contribution in [-0.2, 0) is 9.53 Å². The first-order chi connectivity index (χ1) is 20.2. The summed E-state index contributed by atoms with van der Waals surface area (Å²) in [5.41, 5.74) is 2.77. The van der Waals surface area contributed by atoms with Crippen molar-refractivity contribution >= 4 is 41.0 Å². The number of carbonyl (C=O) groups excluding carboxylic acids is 3. The van der Waals surface area contributed by atoms with Gasteiger partial charge in [-0.3, -0.25) is 15.1 Å². The lowest BCUT2D eigenvalue weighted by Crippen LogP contribution is -2.50. The molecule has 2 aliphatic rings. The molecule has 0 spiro atoms. The van der Waals surface area contributed by atoms with Gasteiger partial charge in [0.2, 0.25) is 5.91 Å². The number of nitrogens with one attached hydrogen (secondary N) is 3. The van der Waals surface area contributed by atoms with E-state index in [1.54, 1.807) is 35.4 Å². The second-order valence-electron chi connectivity index (χ2n) is 10.4. The van der Waals surface area contributed by atoms with Crippen molar-refractivity contribution in [2.45, 2.75) is 44.7 Å². The average Bonchev–Trinajstić information content (AvgIpc) is 2.97. The molecule has 2 unspecified atom stereocenters. The fourth-order valence-electron chi connectivity index (χ4n) is 5.46. The summed E-state index contributed by atoms with van der Waals surface area (Å²) in [4.78, 5) is 44.5. The van der Waals surface area contributed by atoms with E-state index >= 15 is 0 Å². The van der Waals surface area contributed by atoms with E-state index in [1.165, 1.54) is 7.11 Å². The summed E-state index contributed by atoms with van der Waals surface area (Å²) >= 11 is 5.89. The van der Waals surface area contributed by atoms with E-state index in [0.29, 0.717) is 41.9 Å². The maximum absolute atomic E-state index is 14.7. The number of amides is 4. The molecule has 3 heterocycles. The third-order valence-corrected chi connectivity index (χ3v) is 8.02. The number of halogens is 3. The summed E-state index contributed by atoms with van der Waals surface area (Å²) < 4.78 is 33.9. The third-order valence-electron chi connectivity index (χ3n) is 7.73. The molecular weight excluding hydrogens is 568 g/mol. The molecule has 0 saturated carbocycles. The highest BCUT2D eigenvalue weighted by atomic mass is 35.5. The minimum Gasteiger partial charge on any atom is -0.453 e. The van der Waals surface area contributed by atoms with Crippen LogP contribution in [0.3, 0.4) is 0 Å². The van der Waals surface area contributed by atoms with E-state index < -0.39 is 35.8 Å². The Hall–Kier alpha value is -4.25. The van der Waals surface area contributed by atoms with E-state index in [0.717, 1.165) is 17.7 Å². The number of nitrogens with zero attached hydrogens (tertiary/aromatic N) is 2. The number of hydrogen-bond acceptors (Lipinski definition) is 5. The standard InChI is InChI=1S/C30H30ClF2N5O4/c1-16-4-3-5-25(38-13-11-22(37-29(38)40)26-21(32)9-8-20(31)27(26)33)24-14-17(10-12-34-24)19-7-6-18(35-30(41)42-2)15-23(19)36-28(16)39/h6-10,12,14-16,22,25H,3-5,11,13H2,1-2H3,(H,35,41)(H,36,39)(H,37,40)/t16-,22?,25?/m1/s1. The summed E-state index contributed by atoms with van der Waals surface area (Å²) in [5.74, 6) is -2.17. The van der Waals surface area contributed by atoms with Crippen molar-refractivity contribution in [2.75, 3.05) is 24.3 Å². The molecule has 2 aromatic carbocycles. The van der Waals surface area contributed by atoms with Gasteiger partial charge < -0.3 is 20.3 Å². The molecule has 1 saturated heterocycles. The lowest BCUT2D eigenvalue weighted by Gasteiger charge is -2.38. The van der Waals surface area contributed by atoms with Crippen molar-refractivity contribution in [3.63, 3.8) is 0 Å². The van der Waals surface area contributed by atoms with Crippen LogP contribution in [0.25, 0.3) is 11.1 Å². The topological polar surface area (TPSA) is 113 Å². The zero-order valence-electron chi connectivity index (χ0n) is 23.0. The van der Waals surface area contributed by atoms with Gasteiger partial charge in [0, 0.05) is 35.5 Å². The number of hydrogen-bond donors (Lipinski definition) is 3. The Bertz CT molecular complexity index is 1540. The normalized spacial score (nSPS) is 20.8. The molecule has 0 aliphatic carbocycles. The third kappa shape index (κ3) is 6.01. The second kappa shape index (κ2) is 12.3. The molecule has 9 nitrogen and oxygen atoms in total. The minimum absolute atomic E-state index is 0.179. The first-order valence-corrected chi connectivity index (χ1v) is 14.0. The molecular formula is C30H30ClF2N5O4. The molecule has 3 N–H and O–H groups in total. The Morgan fingerprint density at radius 2 is 1.93 bits per heavy atom. The molecule has 42 heavy (non-hydrogen) atoms. The molecule has 1 fully saturated rings. The predicted molar refractivity (Wildman–Crippen MR) is 154 cm³/mol. The van der Waals surface area contributed by atoms with Crippen LogP contribution in [0.5, 0.6) is 0 Å². The Morgan fingerprint density at radius 1 is 1.12 bits per heavy atom.